The summed E-state index contributed by atoms with van der Waals surface area (Å²) in [6.45, 7) is 3.29. The first-order chi connectivity index (χ1) is 8.72. The van der Waals surface area contributed by atoms with E-state index in [1.165, 1.54) is 36.9 Å². The summed E-state index contributed by atoms with van der Waals surface area (Å²) >= 11 is 0. The van der Waals surface area contributed by atoms with Gasteiger partial charge in [-0.2, -0.15) is 0 Å². The van der Waals surface area contributed by atoms with Crippen LogP contribution in [-0.2, 0) is 0 Å². The molecule has 1 saturated carbocycles. The second kappa shape index (κ2) is 6.24. The second-order valence-electron chi connectivity index (χ2n) is 5.61. The van der Waals surface area contributed by atoms with Crippen LogP contribution >= 0.6 is 0 Å². The van der Waals surface area contributed by atoms with Crippen LogP contribution in [0.3, 0.4) is 0 Å². The molecular formula is C16H26N2. The van der Waals surface area contributed by atoms with Gasteiger partial charge in [-0.1, -0.05) is 31.0 Å². The molecule has 2 nitrogen and oxygen atoms in total. The zero-order valence-corrected chi connectivity index (χ0v) is 11.9. The number of hydrogen-bond donors (Lipinski definition) is 1. The quantitative estimate of drug-likeness (QED) is 0.858. The first-order valence-electron chi connectivity index (χ1n) is 7.16. The number of benzene rings is 1. The molecule has 0 aromatic heterocycles. The summed E-state index contributed by atoms with van der Waals surface area (Å²) in [5, 5.41) is 3.52. The van der Waals surface area contributed by atoms with E-state index >= 15 is 0 Å². The molecule has 0 heterocycles. The number of nitrogens with one attached hydrogen (secondary N) is 1. The topological polar surface area (TPSA) is 15.3 Å². The van der Waals surface area contributed by atoms with Gasteiger partial charge in [0.1, 0.15) is 0 Å². The molecule has 0 saturated heterocycles. The van der Waals surface area contributed by atoms with E-state index in [4.69, 9.17) is 0 Å². The zero-order valence-electron chi connectivity index (χ0n) is 11.9. The predicted molar refractivity (Wildman–Crippen MR) is 79.3 cm³/mol. The molecule has 0 spiro atoms. The first kappa shape index (κ1) is 13.4. The van der Waals surface area contributed by atoms with Crippen molar-refractivity contribution in [3.63, 3.8) is 0 Å². The van der Waals surface area contributed by atoms with Gasteiger partial charge >= 0.3 is 0 Å². The average Bonchev–Trinajstić information content (AvgIpc) is 2.90. The van der Waals surface area contributed by atoms with Crippen LogP contribution in [0.5, 0.6) is 0 Å². The van der Waals surface area contributed by atoms with Crippen molar-refractivity contribution in [1.82, 2.24) is 5.32 Å². The maximum atomic E-state index is 3.52. The molecule has 1 unspecified atom stereocenters. The van der Waals surface area contributed by atoms with Gasteiger partial charge in [0.15, 0.2) is 0 Å². The SMILES string of the molecule is CNC(CN(C)c1ccccc1C)C1CCCC1. The van der Waals surface area contributed by atoms with Gasteiger partial charge in [0, 0.05) is 25.3 Å². The molecule has 1 aliphatic rings. The Balaban J connectivity index is 2.00. The lowest BCUT2D eigenvalue weighted by molar-refractivity contribution is 0.382. The predicted octanol–water partition coefficient (Wildman–Crippen LogP) is 3.21. The lowest BCUT2D eigenvalue weighted by Crippen LogP contribution is -2.42. The standard InChI is InChI=1S/C16H26N2/c1-13-8-4-7-11-16(13)18(3)12-15(17-2)14-9-5-6-10-14/h4,7-8,11,14-15,17H,5-6,9-10,12H2,1-3H3. The highest BCUT2D eigenvalue weighted by molar-refractivity contribution is 5.52. The normalized spacial score (nSPS) is 17.9. The van der Waals surface area contributed by atoms with E-state index in [0.29, 0.717) is 6.04 Å². The van der Waals surface area contributed by atoms with Crippen molar-refractivity contribution in [3.8, 4) is 0 Å². The van der Waals surface area contributed by atoms with Gasteiger partial charge in [-0.3, -0.25) is 0 Å². The fourth-order valence-electron chi connectivity index (χ4n) is 3.22. The minimum Gasteiger partial charge on any atom is -0.373 e. The van der Waals surface area contributed by atoms with Crippen molar-refractivity contribution in [3.05, 3.63) is 29.8 Å². The molecule has 1 aliphatic carbocycles. The van der Waals surface area contributed by atoms with Gasteiger partial charge in [0.05, 0.1) is 0 Å². The fraction of sp³-hybridized carbons (Fsp3) is 0.625. The van der Waals surface area contributed by atoms with Gasteiger partial charge in [-0.15, -0.1) is 0 Å². The maximum absolute atomic E-state index is 3.52. The van der Waals surface area contributed by atoms with E-state index in [9.17, 15) is 0 Å². The van der Waals surface area contributed by atoms with Crippen LogP contribution < -0.4 is 10.2 Å². The molecular weight excluding hydrogens is 220 g/mol. The van der Waals surface area contributed by atoms with Crippen molar-refractivity contribution in [1.29, 1.82) is 0 Å². The summed E-state index contributed by atoms with van der Waals surface area (Å²) in [4.78, 5) is 2.40. The van der Waals surface area contributed by atoms with E-state index < -0.39 is 0 Å². The Kier molecular flexibility index (Phi) is 4.65. The van der Waals surface area contributed by atoms with Crippen LogP contribution in [0.2, 0.25) is 0 Å². The smallest absolute Gasteiger partial charge is 0.0393 e. The van der Waals surface area contributed by atoms with Crippen LogP contribution in [-0.4, -0.2) is 26.7 Å². The van der Waals surface area contributed by atoms with Gasteiger partial charge in [-0.05, 0) is 44.4 Å². The van der Waals surface area contributed by atoms with Gasteiger partial charge in [-0.25, -0.2) is 0 Å². The summed E-state index contributed by atoms with van der Waals surface area (Å²) in [6, 6.07) is 9.27. The van der Waals surface area contributed by atoms with Crippen LogP contribution in [0.15, 0.2) is 24.3 Å². The molecule has 1 fully saturated rings. The molecule has 0 bridgehead atoms. The molecule has 18 heavy (non-hydrogen) atoms. The molecule has 0 amide bonds. The van der Waals surface area contributed by atoms with Gasteiger partial charge < -0.3 is 10.2 Å². The lowest BCUT2D eigenvalue weighted by atomic mass is 9.97. The largest absolute Gasteiger partial charge is 0.373 e. The molecule has 0 radical (unpaired) electrons. The molecule has 2 heteroatoms. The lowest BCUT2D eigenvalue weighted by Gasteiger charge is -2.30. The maximum Gasteiger partial charge on any atom is 0.0393 e. The van der Waals surface area contributed by atoms with Crippen LogP contribution in [0.4, 0.5) is 5.69 Å². The van der Waals surface area contributed by atoms with E-state index in [2.05, 4.69) is 55.5 Å². The van der Waals surface area contributed by atoms with Crippen molar-refractivity contribution < 1.29 is 0 Å². The number of para-hydroxylation sites is 1. The van der Waals surface area contributed by atoms with Crippen LogP contribution in [0.25, 0.3) is 0 Å². The third kappa shape index (κ3) is 3.05. The Morgan fingerprint density at radius 2 is 1.94 bits per heavy atom. The van der Waals surface area contributed by atoms with Crippen LogP contribution in [0, 0.1) is 12.8 Å². The highest BCUT2D eigenvalue weighted by Crippen LogP contribution is 2.29. The van der Waals surface area contributed by atoms with Gasteiger partial charge in [0.2, 0.25) is 0 Å². The molecule has 1 aromatic carbocycles. The summed E-state index contributed by atoms with van der Waals surface area (Å²) < 4.78 is 0. The number of anilines is 1. The number of nitrogens with zero attached hydrogens (tertiary/aromatic N) is 1. The number of likely N-dealkylation sites (N-methyl/N-ethyl adjacent to an activating group) is 2. The minimum atomic E-state index is 0.622. The van der Waals surface area contributed by atoms with E-state index in [1.807, 2.05) is 0 Å². The molecule has 2 rings (SSSR count). The molecule has 1 atom stereocenters. The van der Waals surface area contributed by atoms with E-state index in [-0.39, 0.29) is 0 Å². The summed E-state index contributed by atoms with van der Waals surface area (Å²) in [5.41, 5.74) is 2.72. The molecule has 1 aromatic rings. The Hall–Kier alpha value is -1.02. The Morgan fingerprint density at radius 1 is 1.28 bits per heavy atom. The molecule has 1 N–H and O–H groups in total. The average molecular weight is 246 g/mol. The Bertz CT molecular complexity index is 369. The van der Waals surface area contributed by atoms with Gasteiger partial charge in [0.25, 0.3) is 0 Å². The fourth-order valence-corrected chi connectivity index (χ4v) is 3.22. The third-order valence-corrected chi connectivity index (χ3v) is 4.34. The highest BCUT2D eigenvalue weighted by Gasteiger charge is 2.24. The van der Waals surface area contributed by atoms with Crippen molar-refractivity contribution in [2.75, 3.05) is 25.5 Å². The second-order valence-corrected chi connectivity index (χ2v) is 5.61. The first-order valence-corrected chi connectivity index (χ1v) is 7.16. The molecule has 0 aliphatic heterocycles. The van der Waals surface area contributed by atoms with Crippen LogP contribution in [0.1, 0.15) is 31.2 Å². The van der Waals surface area contributed by atoms with Crippen molar-refractivity contribution in [2.24, 2.45) is 5.92 Å². The van der Waals surface area contributed by atoms with E-state index in [0.717, 1.165) is 12.5 Å². The monoisotopic (exact) mass is 246 g/mol. The summed E-state index contributed by atoms with van der Waals surface area (Å²) in [5.74, 6) is 0.862. The van der Waals surface area contributed by atoms with Crippen molar-refractivity contribution in [2.45, 2.75) is 38.6 Å². The Morgan fingerprint density at radius 3 is 2.56 bits per heavy atom. The summed E-state index contributed by atoms with van der Waals surface area (Å²) in [6.07, 6.45) is 5.62. The minimum absolute atomic E-state index is 0.622. The Labute approximate surface area is 111 Å². The van der Waals surface area contributed by atoms with E-state index in [1.54, 1.807) is 0 Å². The third-order valence-electron chi connectivity index (χ3n) is 4.34. The van der Waals surface area contributed by atoms with Crippen molar-refractivity contribution >= 4 is 5.69 Å². The number of rotatable bonds is 5. The number of aryl methyl sites for hydroxylation is 1. The highest BCUT2D eigenvalue weighted by atomic mass is 15.1. The summed E-state index contributed by atoms with van der Waals surface area (Å²) in [7, 11) is 4.32. The zero-order chi connectivity index (χ0) is 13.0. The number of hydrogen-bond acceptors (Lipinski definition) is 2. The molecule has 100 valence electrons.